The van der Waals surface area contributed by atoms with Crippen LogP contribution in [0.5, 0.6) is 0 Å². The highest BCUT2D eigenvalue weighted by molar-refractivity contribution is 5.69. The minimum Gasteiger partial charge on any atom is -0.393 e. The molecule has 0 spiro atoms. The van der Waals surface area contributed by atoms with Crippen molar-refractivity contribution >= 4 is 0 Å². The van der Waals surface area contributed by atoms with Crippen molar-refractivity contribution in [2.45, 2.75) is 37.8 Å². The summed E-state index contributed by atoms with van der Waals surface area (Å²) in [6.45, 7) is 0. The molecule has 1 N–H and O–H groups in total. The molecule has 1 saturated carbocycles. The summed E-state index contributed by atoms with van der Waals surface area (Å²) in [5.41, 5.74) is 3.83. The normalized spacial score (nSPS) is 29.0. The number of aliphatic hydroxyl groups excluding tert-OH is 1. The van der Waals surface area contributed by atoms with Crippen LogP contribution in [0, 0.1) is 5.92 Å². The van der Waals surface area contributed by atoms with Gasteiger partial charge in [-0.25, -0.2) is 4.98 Å². The van der Waals surface area contributed by atoms with Crippen molar-refractivity contribution in [2.75, 3.05) is 0 Å². The van der Waals surface area contributed by atoms with Crippen LogP contribution in [0.2, 0.25) is 0 Å². The van der Waals surface area contributed by atoms with Crippen LogP contribution in [-0.2, 0) is 0 Å². The molecule has 2 aliphatic rings. The second-order valence-electron chi connectivity index (χ2n) is 5.73. The van der Waals surface area contributed by atoms with Crippen molar-refractivity contribution in [1.82, 2.24) is 9.55 Å². The fraction of sp³-hybridized carbons (Fsp3) is 0.438. The molecule has 1 aliphatic carbocycles. The third-order valence-corrected chi connectivity index (χ3v) is 4.71. The third kappa shape index (κ3) is 1.58. The Kier molecular flexibility index (Phi) is 2.49. The second kappa shape index (κ2) is 4.20. The monoisotopic (exact) mass is 254 g/mol. The molecule has 3 atom stereocenters. The summed E-state index contributed by atoms with van der Waals surface area (Å²) in [6, 6.07) is 8.81. The molecule has 98 valence electrons. The van der Waals surface area contributed by atoms with Gasteiger partial charge in [-0.2, -0.15) is 0 Å². The number of benzene rings is 1. The molecule has 0 saturated heterocycles. The summed E-state index contributed by atoms with van der Waals surface area (Å²) in [4.78, 5) is 4.29. The van der Waals surface area contributed by atoms with Gasteiger partial charge >= 0.3 is 0 Å². The summed E-state index contributed by atoms with van der Waals surface area (Å²) >= 11 is 0. The molecular weight excluding hydrogens is 236 g/mol. The maximum Gasteiger partial charge on any atom is 0.0956 e. The van der Waals surface area contributed by atoms with Crippen molar-refractivity contribution < 1.29 is 5.11 Å². The van der Waals surface area contributed by atoms with E-state index in [0.29, 0.717) is 5.92 Å². The lowest BCUT2D eigenvalue weighted by Crippen LogP contribution is -2.31. The first kappa shape index (κ1) is 11.2. The highest BCUT2D eigenvalue weighted by atomic mass is 16.3. The van der Waals surface area contributed by atoms with E-state index < -0.39 is 0 Å². The molecule has 3 nitrogen and oxygen atoms in total. The number of imidazole rings is 1. The fourth-order valence-corrected chi connectivity index (χ4v) is 3.82. The Morgan fingerprint density at radius 3 is 2.89 bits per heavy atom. The smallest absolute Gasteiger partial charge is 0.0956 e. The quantitative estimate of drug-likeness (QED) is 0.849. The van der Waals surface area contributed by atoms with Crippen molar-refractivity contribution in [1.29, 1.82) is 0 Å². The molecule has 19 heavy (non-hydrogen) atoms. The maximum absolute atomic E-state index is 10.4. The van der Waals surface area contributed by atoms with E-state index in [0.717, 1.165) is 19.3 Å². The van der Waals surface area contributed by atoms with E-state index >= 15 is 0 Å². The Bertz CT molecular complexity index is 604. The molecule has 0 amide bonds. The van der Waals surface area contributed by atoms with Crippen LogP contribution in [0.3, 0.4) is 0 Å². The molecule has 2 heterocycles. The molecule has 2 aromatic rings. The van der Waals surface area contributed by atoms with Gasteiger partial charge in [-0.15, -0.1) is 0 Å². The van der Waals surface area contributed by atoms with E-state index in [9.17, 15) is 5.11 Å². The number of fused-ring (bicyclic) bond motifs is 3. The van der Waals surface area contributed by atoms with Gasteiger partial charge in [0, 0.05) is 11.5 Å². The number of rotatable bonds is 1. The van der Waals surface area contributed by atoms with E-state index in [1.54, 1.807) is 0 Å². The van der Waals surface area contributed by atoms with E-state index in [1.807, 2.05) is 12.5 Å². The summed E-state index contributed by atoms with van der Waals surface area (Å²) in [7, 11) is 0. The largest absolute Gasteiger partial charge is 0.393 e. The SMILES string of the molecule is O[C@@H]1CCCC[C@@H]1[C@@H]1c2ccccc2-c2cncn21. The lowest BCUT2D eigenvalue weighted by atomic mass is 9.79. The van der Waals surface area contributed by atoms with Gasteiger partial charge < -0.3 is 9.67 Å². The number of hydrogen-bond donors (Lipinski definition) is 1. The van der Waals surface area contributed by atoms with Gasteiger partial charge in [0.25, 0.3) is 0 Å². The Hall–Kier alpha value is -1.61. The Morgan fingerprint density at radius 2 is 2.00 bits per heavy atom. The summed E-state index contributed by atoms with van der Waals surface area (Å²) in [6.07, 6.45) is 8.11. The van der Waals surface area contributed by atoms with Gasteiger partial charge in [0.2, 0.25) is 0 Å². The first-order valence-corrected chi connectivity index (χ1v) is 7.15. The second-order valence-corrected chi connectivity index (χ2v) is 5.73. The summed E-state index contributed by atoms with van der Waals surface area (Å²) < 4.78 is 2.25. The molecule has 1 aromatic carbocycles. The average Bonchev–Trinajstić information content (AvgIpc) is 3.00. The molecule has 3 heteroatoms. The average molecular weight is 254 g/mol. The van der Waals surface area contributed by atoms with Crippen LogP contribution in [0.4, 0.5) is 0 Å². The molecule has 0 bridgehead atoms. The fourth-order valence-electron chi connectivity index (χ4n) is 3.82. The van der Waals surface area contributed by atoms with Gasteiger partial charge in [0.1, 0.15) is 0 Å². The number of aromatic nitrogens is 2. The van der Waals surface area contributed by atoms with E-state index in [1.165, 1.54) is 23.2 Å². The zero-order chi connectivity index (χ0) is 12.8. The Balaban J connectivity index is 1.84. The number of nitrogens with zero attached hydrogens (tertiary/aromatic N) is 2. The Morgan fingerprint density at radius 1 is 1.16 bits per heavy atom. The van der Waals surface area contributed by atoms with E-state index in [4.69, 9.17) is 0 Å². The lowest BCUT2D eigenvalue weighted by molar-refractivity contribution is 0.0504. The maximum atomic E-state index is 10.4. The number of aliphatic hydroxyl groups is 1. The van der Waals surface area contributed by atoms with Crippen molar-refractivity contribution in [3.8, 4) is 11.3 Å². The van der Waals surface area contributed by atoms with Crippen LogP contribution in [-0.4, -0.2) is 20.8 Å². The topological polar surface area (TPSA) is 38.1 Å². The molecular formula is C16H18N2O. The lowest BCUT2D eigenvalue weighted by Gasteiger charge is -2.33. The predicted molar refractivity (Wildman–Crippen MR) is 73.8 cm³/mol. The molecule has 1 fully saturated rings. The Labute approximate surface area is 112 Å². The van der Waals surface area contributed by atoms with Crippen LogP contribution < -0.4 is 0 Å². The predicted octanol–water partition coefficient (Wildman–Crippen LogP) is 3.00. The minimum absolute atomic E-state index is 0.180. The number of hydrogen-bond acceptors (Lipinski definition) is 2. The summed E-state index contributed by atoms with van der Waals surface area (Å²) in [5.74, 6) is 0.324. The van der Waals surface area contributed by atoms with Crippen molar-refractivity contribution in [3.63, 3.8) is 0 Å². The van der Waals surface area contributed by atoms with Gasteiger partial charge in [0.05, 0.1) is 30.4 Å². The van der Waals surface area contributed by atoms with Gasteiger partial charge in [-0.1, -0.05) is 37.1 Å². The zero-order valence-electron chi connectivity index (χ0n) is 10.9. The molecule has 4 rings (SSSR count). The van der Waals surface area contributed by atoms with Crippen LogP contribution in [0.15, 0.2) is 36.8 Å². The standard InChI is InChI=1S/C16H18N2O/c19-15-8-4-3-7-13(15)16-12-6-2-1-5-11(12)14-9-17-10-18(14)16/h1-2,5-6,9-10,13,15-16,19H,3-4,7-8H2/t13-,15+,16-/m0/s1. The molecule has 0 unspecified atom stereocenters. The zero-order valence-corrected chi connectivity index (χ0v) is 10.9. The van der Waals surface area contributed by atoms with Gasteiger partial charge in [-0.05, 0) is 18.4 Å². The van der Waals surface area contributed by atoms with Crippen molar-refractivity contribution in [3.05, 3.63) is 42.4 Å². The van der Waals surface area contributed by atoms with Crippen molar-refractivity contribution in [2.24, 2.45) is 5.92 Å². The van der Waals surface area contributed by atoms with Gasteiger partial charge in [0.15, 0.2) is 0 Å². The minimum atomic E-state index is -0.180. The third-order valence-electron chi connectivity index (χ3n) is 4.71. The highest BCUT2D eigenvalue weighted by Crippen LogP contribution is 2.46. The molecule has 0 radical (unpaired) electrons. The first-order chi connectivity index (χ1) is 9.36. The van der Waals surface area contributed by atoms with Crippen LogP contribution in [0.1, 0.15) is 37.3 Å². The first-order valence-electron chi connectivity index (χ1n) is 7.15. The van der Waals surface area contributed by atoms with E-state index in [-0.39, 0.29) is 12.1 Å². The van der Waals surface area contributed by atoms with Gasteiger partial charge in [-0.3, -0.25) is 0 Å². The van der Waals surface area contributed by atoms with E-state index in [2.05, 4.69) is 33.8 Å². The highest BCUT2D eigenvalue weighted by Gasteiger charge is 2.38. The van der Waals surface area contributed by atoms with Crippen LogP contribution in [0.25, 0.3) is 11.3 Å². The van der Waals surface area contributed by atoms with Crippen LogP contribution >= 0.6 is 0 Å². The molecule has 1 aliphatic heterocycles. The molecule has 1 aromatic heterocycles. The summed E-state index contributed by atoms with van der Waals surface area (Å²) in [5, 5.41) is 10.4.